The Kier molecular flexibility index (Phi) is 7.76. The summed E-state index contributed by atoms with van der Waals surface area (Å²) in [5.74, 6) is 0.871. The minimum absolute atomic E-state index is 0.201. The highest BCUT2D eigenvalue weighted by Gasteiger charge is 2.20. The number of nitrogens with two attached hydrogens (primary N) is 1. The molecular formula is C12H26N2O2. The van der Waals surface area contributed by atoms with Crippen molar-refractivity contribution >= 4 is 0 Å². The first-order valence-corrected chi connectivity index (χ1v) is 6.36. The Morgan fingerprint density at radius 2 is 2.19 bits per heavy atom. The van der Waals surface area contributed by atoms with E-state index in [1.165, 1.54) is 12.8 Å². The van der Waals surface area contributed by atoms with Crippen molar-refractivity contribution in [3.63, 3.8) is 0 Å². The Balaban J connectivity index is 1.72. The second kappa shape index (κ2) is 8.93. The zero-order valence-electron chi connectivity index (χ0n) is 10.4. The maximum absolute atomic E-state index is 5.87. The van der Waals surface area contributed by atoms with Crippen LogP contribution in [-0.4, -0.2) is 46.1 Å². The molecule has 1 rings (SSSR count). The molecule has 0 radical (unpaired) electrons. The fourth-order valence-corrected chi connectivity index (χ4v) is 1.49. The van der Waals surface area contributed by atoms with E-state index in [9.17, 15) is 0 Å². The van der Waals surface area contributed by atoms with Crippen LogP contribution in [0.2, 0.25) is 0 Å². The number of hydrogen-bond donors (Lipinski definition) is 2. The summed E-state index contributed by atoms with van der Waals surface area (Å²) in [5.41, 5.74) is 5.87. The molecule has 96 valence electrons. The van der Waals surface area contributed by atoms with E-state index in [1.807, 2.05) is 0 Å². The molecule has 0 aromatic rings. The van der Waals surface area contributed by atoms with Crippen molar-refractivity contribution in [3.05, 3.63) is 0 Å². The highest BCUT2D eigenvalue weighted by molar-refractivity contribution is 4.71. The summed E-state index contributed by atoms with van der Waals surface area (Å²) in [6.07, 6.45) is 4.73. The molecule has 4 nitrogen and oxygen atoms in total. The molecule has 4 heteroatoms. The molecule has 0 heterocycles. The number of nitrogens with one attached hydrogen (secondary N) is 1. The van der Waals surface area contributed by atoms with Gasteiger partial charge in [-0.15, -0.1) is 0 Å². The molecular weight excluding hydrogens is 204 g/mol. The average Bonchev–Trinajstić information content (AvgIpc) is 3.09. The van der Waals surface area contributed by atoms with Gasteiger partial charge in [0.15, 0.2) is 0 Å². The van der Waals surface area contributed by atoms with Gasteiger partial charge in [-0.25, -0.2) is 0 Å². The van der Waals surface area contributed by atoms with Crippen LogP contribution in [0.5, 0.6) is 0 Å². The van der Waals surface area contributed by atoms with E-state index in [-0.39, 0.29) is 6.04 Å². The van der Waals surface area contributed by atoms with Crippen LogP contribution >= 0.6 is 0 Å². The van der Waals surface area contributed by atoms with Crippen LogP contribution < -0.4 is 11.1 Å². The maximum atomic E-state index is 5.87. The Hall–Kier alpha value is -0.160. The summed E-state index contributed by atoms with van der Waals surface area (Å²) in [4.78, 5) is 0. The van der Waals surface area contributed by atoms with E-state index in [1.54, 1.807) is 7.11 Å². The van der Waals surface area contributed by atoms with Crippen LogP contribution in [-0.2, 0) is 9.47 Å². The SMILES string of the molecule is COCCC(N)CNCCCOCC1CC1. The summed E-state index contributed by atoms with van der Waals surface area (Å²) < 4.78 is 10.5. The predicted octanol–water partition coefficient (Wildman–Crippen LogP) is 0.757. The molecule has 3 N–H and O–H groups in total. The van der Waals surface area contributed by atoms with Crippen molar-refractivity contribution in [2.45, 2.75) is 31.7 Å². The van der Waals surface area contributed by atoms with E-state index in [0.717, 1.165) is 51.7 Å². The number of ether oxygens (including phenoxy) is 2. The Morgan fingerprint density at radius 1 is 1.38 bits per heavy atom. The maximum Gasteiger partial charge on any atom is 0.0494 e. The van der Waals surface area contributed by atoms with Gasteiger partial charge < -0.3 is 20.5 Å². The van der Waals surface area contributed by atoms with Gasteiger partial charge in [-0.2, -0.15) is 0 Å². The summed E-state index contributed by atoms with van der Waals surface area (Å²) in [6.45, 7) is 4.44. The van der Waals surface area contributed by atoms with Crippen molar-refractivity contribution in [1.82, 2.24) is 5.32 Å². The molecule has 0 aliphatic heterocycles. The van der Waals surface area contributed by atoms with Crippen LogP contribution in [0.3, 0.4) is 0 Å². The zero-order valence-corrected chi connectivity index (χ0v) is 10.4. The van der Waals surface area contributed by atoms with E-state index in [0.29, 0.717) is 0 Å². The molecule has 0 aromatic carbocycles. The van der Waals surface area contributed by atoms with Crippen molar-refractivity contribution in [2.75, 3.05) is 40.0 Å². The van der Waals surface area contributed by atoms with Gasteiger partial charge >= 0.3 is 0 Å². The second-order valence-electron chi connectivity index (χ2n) is 4.62. The molecule has 16 heavy (non-hydrogen) atoms. The first-order chi connectivity index (χ1) is 7.83. The van der Waals surface area contributed by atoms with Crippen LogP contribution in [0.25, 0.3) is 0 Å². The van der Waals surface area contributed by atoms with Crippen molar-refractivity contribution in [3.8, 4) is 0 Å². The van der Waals surface area contributed by atoms with Crippen molar-refractivity contribution in [2.24, 2.45) is 11.7 Å². The third kappa shape index (κ3) is 8.05. The molecule has 1 unspecified atom stereocenters. The second-order valence-corrected chi connectivity index (χ2v) is 4.62. The molecule has 1 aliphatic rings. The first-order valence-electron chi connectivity index (χ1n) is 6.36. The van der Waals surface area contributed by atoms with E-state index >= 15 is 0 Å². The van der Waals surface area contributed by atoms with Gasteiger partial charge in [-0.3, -0.25) is 0 Å². The van der Waals surface area contributed by atoms with Crippen LogP contribution in [0.15, 0.2) is 0 Å². The largest absolute Gasteiger partial charge is 0.385 e. The lowest BCUT2D eigenvalue weighted by molar-refractivity contribution is 0.122. The minimum Gasteiger partial charge on any atom is -0.385 e. The lowest BCUT2D eigenvalue weighted by Crippen LogP contribution is -2.35. The molecule has 0 bridgehead atoms. The zero-order chi connectivity index (χ0) is 11.6. The molecule has 0 amide bonds. The van der Waals surface area contributed by atoms with Gasteiger partial charge in [0.2, 0.25) is 0 Å². The topological polar surface area (TPSA) is 56.5 Å². The Morgan fingerprint density at radius 3 is 2.88 bits per heavy atom. The minimum atomic E-state index is 0.201. The highest BCUT2D eigenvalue weighted by atomic mass is 16.5. The van der Waals surface area contributed by atoms with Gasteiger partial charge in [0.1, 0.15) is 0 Å². The van der Waals surface area contributed by atoms with Crippen LogP contribution in [0.4, 0.5) is 0 Å². The molecule has 0 saturated heterocycles. The molecule has 0 aromatic heterocycles. The molecule has 1 aliphatic carbocycles. The molecule has 1 atom stereocenters. The molecule has 0 spiro atoms. The predicted molar refractivity (Wildman–Crippen MR) is 65.5 cm³/mol. The van der Waals surface area contributed by atoms with Gasteiger partial charge in [0, 0.05) is 39.5 Å². The third-order valence-electron chi connectivity index (χ3n) is 2.79. The third-order valence-corrected chi connectivity index (χ3v) is 2.79. The average molecular weight is 230 g/mol. The van der Waals surface area contributed by atoms with Gasteiger partial charge in [0.05, 0.1) is 0 Å². The van der Waals surface area contributed by atoms with E-state index < -0.39 is 0 Å². The lowest BCUT2D eigenvalue weighted by Gasteiger charge is -2.12. The summed E-state index contributed by atoms with van der Waals surface area (Å²) in [7, 11) is 1.71. The fraction of sp³-hybridized carbons (Fsp3) is 1.00. The van der Waals surface area contributed by atoms with E-state index in [4.69, 9.17) is 15.2 Å². The number of rotatable bonds is 11. The van der Waals surface area contributed by atoms with Gasteiger partial charge in [0.25, 0.3) is 0 Å². The van der Waals surface area contributed by atoms with E-state index in [2.05, 4.69) is 5.32 Å². The Bertz CT molecular complexity index is 163. The normalized spacial score (nSPS) is 17.6. The quantitative estimate of drug-likeness (QED) is 0.514. The van der Waals surface area contributed by atoms with Crippen LogP contribution in [0.1, 0.15) is 25.7 Å². The van der Waals surface area contributed by atoms with Gasteiger partial charge in [-0.05, 0) is 38.1 Å². The first kappa shape index (κ1) is 13.9. The summed E-state index contributed by atoms with van der Waals surface area (Å²) in [6, 6.07) is 0.201. The lowest BCUT2D eigenvalue weighted by atomic mass is 10.2. The molecule has 1 fully saturated rings. The highest BCUT2D eigenvalue weighted by Crippen LogP contribution is 2.28. The monoisotopic (exact) mass is 230 g/mol. The Labute approximate surface area is 98.9 Å². The smallest absolute Gasteiger partial charge is 0.0494 e. The number of methoxy groups -OCH3 is 1. The summed E-state index contributed by atoms with van der Waals surface area (Å²) >= 11 is 0. The van der Waals surface area contributed by atoms with Crippen molar-refractivity contribution < 1.29 is 9.47 Å². The molecule has 1 saturated carbocycles. The summed E-state index contributed by atoms with van der Waals surface area (Å²) in [5, 5.41) is 3.34. The standard InChI is InChI=1S/C12H26N2O2/c1-15-8-5-12(13)9-14-6-2-7-16-10-11-3-4-11/h11-12,14H,2-10,13H2,1H3. The van der Waals surface area contributed by atoms with Crippen molar-refractivity contribution in [1.29, 1.82) is 0 Å². The number of hydrogen-bond acceptors (Lipinski definition) is 4. The fourth-order valence-electron chi connectivity index (χ4n) is 1.49. The van der Waals surface area contributed by atoms with Crippen LogP contribution in [0, 0.1) is 5.92 Å². The van der Waals surface area contributed by atoms with Gasteiger partial charge in [-0.1, -0.05) is 0 Å².